The lowest BCUT2D eigenvalue weighted by atomic mass is 10.0. The van der Waals surface area contributed by atoms with Crippen LogP contribution in [-0.2, 0) is 27.6 Å². The largest absolute Gasteiger partial charge is 0.324 e. The highest BCUT2D eigenvalue weighted by Gasteiger charge is 2.26. The predicted octanol–water partition coefficient (Wildman–Crippen LogP) is 2.86. The number of aromatic nitrogens is 1. The molecule has 144 valence electrons. The number of amides is 1. The summed E-state index contributed by atoms with van der Waals surface area (Å²) in [6.07, 6.45) is 1.87. The Morgan fingerprint density at radius 1 is 1.30 bits per heavy atom. The second kappa shape index (κ2) is 7.78. The van der Waals surface area contributed by atoms with Crippen molar-refractivity contribution in [2.75, 3.05) is 11.1 Å². The Bertz CT molecular complexity index is 937. The molecule has 1 aliphatic rings. The summed E-state index contributed by atoms with van der Waals surface area (Å²) in [6, 6.07) is 8.68. The summed E-state index contributed by atoms with van der Waals surface area (Å²) in [5, 5.41) is 6.31. The summed E-state index contributed by atoms with van der Waals surface area (Å²) in [6.45, 7) is 6.67. The SMILES string of the molecule is CCS(=O)(=O)c1ccc(CC(=O)Nc2cnc3c(c2)CNC3C(C)C)cc1. The van der Waals surface area contributed by atoms with Crippen LogP contribution in [0.2, 0.25) is 0 Å². The summed E-state index contributed by atoms with van der Waals surface area (Å²) in [5.41, 5.74) is 3.60. The number of hydrogen-bond donors (Lipinski definition) is 2. The maximum absolute atomic E-state index is 12.3. The minimum absolute atomic E-state index is 0.0602. The smallest absolute Gasteiger partial charge is 0.228 e. The zero-order chi connectivity index (χ0) is 19.6. The molecule has 1 aromatic heterocycles. The van der Waals surface area contributed by atoms with Gasteiger partial charge in [-0.25, -0.2) is 8.42 Å². The fourth-order valence-corrected chi connectivity index (χ4v) is 4.13. The number of sulfone groups is 1. The number of fused-ring (bicyclic) bond motifs is 1. The molecule has 27 heavy (non-hydrogen) atoms. The first-order valence-corrected chi connectivity index (χ1v) is 10.8. The summed E-state index contributed by atoms with van der Waals surface area (Å²) in [4.78, 5) is 17.1. The highest BCUT2D eigenvalue weighted by molar-refractivity contribution is 7.91. The van der Waals surface area contributed by atoms with Gasteiger partial charge in [-0.1, -0.05) is 32.9 Å². The molecule has 0 aliphatic carbocycles. The van der Waals surface area contributed by atoms with Gasteiger partial charge in [0.1, 0.15) is 0 Å². The van der Waals surface area contributed by atoms with Gasteiger partial charge in [0.25, 0.3) is 0 Å². The van der Waals surface area contributed by atoms with Gasteiger partial charge >= 0.3 is 0 Å². The quantitative estimate of drug-likeness (QED) is 0.796. The molecule has 0 bridgehead atoms. The van der Waals surface area contributed by atoms with E-state index in [-0.39, 0.29) is 29.0 Å². The number of carbonyl (C=O) groups excluding carboxylic acids is 1. The van der Waals surface area contributed by atoms with Crippen molar-refractivity contribution in [3.05, 3.63) is 53.3 Å². The zero-order valence-electron chi connectivity index (χ0n) is 15.8. The molecule has 6 nitrogen and oxygen atoms in total. The fourth-order valence-electron chi connectivity index (χ4n) is 3.25. The van der Waals surface area contributed by atoms with E-state index in [0.717, 1.165) is 23.4 Å². The molecular weight excluding hydrogens is 362 g/mol. The number of rotatable bonds is 6. The number of hydrogen-bond acceptors (Lipinski definition) is 5. The van der Waals surface area contributed by atoms with Crippen molar-refractivity contribution in [3.63, 3.8) is 0 Å². The molecular formula is C20H25N3O3S. The number of nitrogens with zero attached hydrogens (tertiary/aromatic N) is 1. The van der Waals surface area contributed by atoms with E-state index < -0.39 is 9.84 Å². The molecule has 0 saturated heterocycles. The first-order chi connectivity index (χ1) is 12.8. The second-order valence-electron chi connectivity index (χ2n) is 7.14. The normalized spacial score (nSPS) is 16.4. The van der Waals surface area contributed by atoms with Crippen molar-refractivity contribution in [2.24, 2.45) is 5.92 Å². The molecule has 1 amide bonds. The number of nitrogens with one attached hydrogen (secondary N) is 2. The Morgan fingerprint density at radius 3 is 2.63 bits per heavy atom. The lowest BCUT2D eigenvalue weighted by Crippen LogP contribution is -2.18. The van der Waals surface area contributed by atoms with E-state index in [2.05, 4.69) is 29.5 Å². The first kappa shape index (κ1) is 19.5. The van der Waals surface area contributed by atoms with Gasteiger partial charge in [-0.3, -0.25) is 9.78 Å². The van der Waals surface area contributed by atoms with Gasteiger partial charge in [0.05, 0.1) is 40.7 Å². The molecule has 0 spiro atoms. The van der Waals surface area contributed by atoms with Crippen LogP contribution >= 0.6 is 0 Å². The van der Waals surface area contributed by atoms with E-state index in [1.54, 1.807) is 37.4 Å². The Labute approximate surface area is 160 Å². The summed E-state index contributed by atoms with van der Waals surface area (Å²) >= 11 is 0. The van der Waals surface area contributed by atoms with Crippen molar-refractivity contribution < 1.29 is 13.2 Å². The van der Waals surface area contributed by atoms with Crippen LogP contribution in [0.25, 0.3) is 0 Å². The van der Waals surface area contributed by atoms with Gasteiger partial charge in [0.15, 0.2) is 9.84 Å². The Morgan fingerprint density at radius 2 is 2.00 bits per heavy atom. The van der Waals surface area contributed by atoms with Gasteiger partial charge in [-0.2, -0.15) is 0 Å². The van der Waals surface area contributed by atoms with Crippen LogP contribution in [0.4, 0.5) is 5.69 Å². The van der Waals surface area contributed by atoms with Crippen LogP contribution < -0.4 is 10.6 Å². The third-order valence-corrected chi connectivity index (χ3v) is 6.54. The van der Waals surface area contributed by atoms with Crippen molar-refractivity contribution >= 4 is 21.4 Å². The first-order valence-electron chi connectivity index (χ1n) is 9.14. The maximum Gasteiger partial charge on any atom is 0.228 e. The Kier molecular flexibility index (Phi) is 5.62. The number of carbonyl (C=O) groups is 1. The van der Waals surface area contributed by atoms with Crippen molar-refractivity contribution in [2.45, 2.75) is 44.7 Å². The van der Waals surface area contributed by atoms with E-state index in [9.17, 15) is 13.2 Å². The maximum atomic E-state index is 12.3. The van der Waals surface area contributed by atoms with Crippen LogP contribution in [-0.4, -0.2) is 25.1 Å². The van der Waals surface area contributed by atoms with E-state index >= 15 is 0 Å². The highest BCUT2D eigenvalue weighted by Crippen LogP contribution is 2.30. The molecule has 1 aliphatic heterocycles. The minimum atomic E-state index is -3.22. The molecule has 2 heterocycles. The summed E-state index contributed by atoms with van der Waals surface area (Å²) in [5.74, 6) is 0.359. The molecule has 3 rings (SSSR count). The average Bonchev–Trinajstić information content (AvgIpc) is 3.05. The topological polar surface area (TPSA) is 88.2 Å². The van der Waals surface area contributed by atoms with Crippen molar-refractivity contribution in [3.8, 4) is 0 Å². The molecule has 2 N–H and O–H groups in total. The van der Waals surface area contributed by atoms with Gasteiger partial charge in [-0.15, -0.1) is 0 Å². The van der Waals surface area contributed by atoms with E-state index in [1.807, 2.05) is 6.07 Å². The zero-order valence-corrected chi connectivity index (χ0v) is 16.6. The number of benzene rings is 1. The third-order valence-electron chi connectivity index (χ3n) is 4.79. The molecule has 1 unspecified atom stereocenters. The van der Waals surface area contributed by atoms with Crippen LogP contribution in [0.5, 0.6) is 0 Å². The molecule has 1 aromatic carbocycles. The lowest BCUT2D eigenvalue weighted by Gasteiger charge is -2.15. The second-order valence-corrected chi connectivity index (χ2v) is 9.42. The van der Waals surface area contributed by atoms with Gasteiger partial charge in [-0.05, 0) is 35.2 Å². The minimum Gasteiger partial charge on any atom is -0.324 e. The average molecular weight is 388 g/mol. The number of anilines is 1. The van der Waals surface area contributed by atoms with Crippen LogP contribution in [0.15, 0.2) is 41.4 Å². The molecule has 0 saturated carbocycles. The number of pyridine rings is 1. The Balaban J connectivity index is 1.65. The predicted molar refractivity (Wildman–Crippen MR) is 105 cm³/mol. The molecule has 0 fully saturated rings. The van der Waals surface area contributed by atoms with Crippen LogP contribution in [0.3, 0.4) is 0 Å². The Hall–Kier alpha value is -2.25. The van der Waals surface area contributed by atoms with E-state index in [1.165, 1.54) is 0 Å². The van der Waals surface area contributed by atoms with E-state index in [0.29, 0.717) is 11.6 Å². The van der Waals surface area contributed by atoms with Gasteiger partial charge in [0, 0.05) is 6.54 Å². The van der Waals surface area contributed by atoms with Crippen LogP contribution in [0.1, 0.15) is 43.6 Å². The molecule has 0 radical (unpaired) electrons. The third kappa shape index (κ3) is 4.36. The molecule has 2 aromatic rings. The lowest BCUT2D eigenvalue weighted by molar-refractivity contribution is -0.115. The highest BCUT2D eigenvalue weighted by atomic mass is 32.2. The fraction of sp³-hybridized carbons (Fsp3) is 0.400. The van der Waals surface area contributed by atoms with E-state index in [4.69, 9.17) is 0 Å². The van der Waals surface area contributed by atoms with Crippen LogP contribution in [0, 0.1) is 5.92 Å². The summed E-state index contributed by atoms with van der Waals surface area (Å²) < 4.78 is 23.7. The standard InChI is InChI=1S/C20H25N3O3S/c1-4-27(25,26)17-7-5-14(6-8-17)9-18(24)23-16-10-15-11-21-19(13(2)3)20(15)22-12-16/h5-8,10,12-13,19,21H,4,9,11H2,1-3H3,(H,23,24). The molecule has 7 heteroatoms. The molecule has 1 atom stereocenters. The summed E-state index contributed by atoms with van der Waals surface area (Å²) in [7, 11) is -3.22. The van der Waals surface area contributed by atoms with Crippen molar-refractivity contribution in [1.82, 2.24) is 10.3 Å². The monoisotopic (exact) mass is 387 g/mol. The van der Waals surface area contributed by atoms with Crippen molar-refractivity contribution in [1.29, 1.82) is 0 Å². The van der Waals surface area contributed by atoms with Gasteiger partial charge < -0.3 is 10.6 Å². The van der Waals surface area contributed by atoms with Gasteiger partial charge in [0.2, 0.25) is 5.91 Å².